The van der Waals surface area contributed by atoms with Crippen LogP contribution in [0.5, 0.6) is 0 Å². The molecular formula is C19H24BrN. The molecule has 1 aliphatic rings. The van der Waals surface area contributed by atoms with E-state index < -0.39 is 0 Å². The van der Waals surface area contributed by atoms with Gasteiger partial charge in [0.15, 0.2) is 0 Å². The Morgan fingerprint density at radius 2 is 2.00 bits per heavy atom. The Morgan fingerprint density at radius 3 is 2.76 bits per heavy atom. The van der Waals surface area contributed by atoms with Gasteiger partial charge in [-0.05, 0) is 66.1 Å². The fraction of sp³-hybridized carbons (Fsp3) is 0.474. The van der Waals surface area contributed by atoms with Crippen LogP contribution in [0.2, 0.25) is 0 Å². The SMILES string of the molecule is CCCNC1CC(C)CCc2c1cc(Br)c1ccccc21. The minimum absolute atomic E-state index is 0.498. The quantitative estimate of drug-likeness (QED) is 0.712. The second kappa shape index (κ2) is 6.50. The Hall–Kier alpha value is -0.860. The van der Waals surface area contributed by atoms with Crippen molar-refractivity contribution >= 4 is 26.7 Å². The molecule has 2 unspecified atom stereocenters. The molecule has 0 saturated heterocycles. The van der Waals surface area contributed by atoms with E-state index in [1.807, 2.05) is 0 Å². The van der Waals surface area contributed by atoms with Crippen LogP contribution in [-0.4, -0.2) is 6.54 Å². The van der Waals surface area contributed by atoms with E-state index in [2.05, 4.69) is 65.4 Å². The van der Waals surface area contributed by atoms with Gasteiger partial charge in [-0.25, -0.2) is 0 Å². The first-order valence-corrected chi connectivity index (χ1v) is 8.93. The van der Waals surface area contributed by atoms with E-state index in [4.69, 9.17) is 0 Å². The standard InChI is InChI=1S/C19H24BrN/c1-3-10-21-19-11-13(2)8-9-15-14-6-4-5-7-16(14)18(20)12-17(15)19/h4-7,12-13,19,21H,3,8-11H2,1-2H3. The topological polar surface area (TPSA) is 12.0 Å². The Bertz CT molecular complexity index is 635. The highest BCUT2D eigenvalue weighted by atomic mass is 79.9. The molecule has 3 rings (SSSR count). The van der Waals surface area contributed by atoms with Gasteiger partial charge in [0.1, 0.15) is 0 Å². The normalized spacial score (nSPS) is 22.0. The van der Waals surface area contributed by atoms with Crippen LogP contribution in [0.25, 0.3) is 10.8 Å². The molecule has 1 aliphatic carbocycles. The number of hydrogen-bond acceptors (Lipinski definition) is 1. The number of halogens is 1. The molecule has 0 spiro atoms. The van der Waals surface area contributed by atoms with E-state index in [0.29, 0.717) is 6.04 Å². The third-order valence-electron chi connectivity index (χ3n) is 4.68. The molecule has 0 radical (unpaired) electrons. The van der Waals surface area contributed by atoms with Gasteiger partial charge < -0.3 is 5.32 Å². The minimum Gasteiger partial charge on any atom is -0.310 e. The molecule has 0 heterocycles. The molecular weight excluding hydrogens is 322 g/mol. The summed E-state index contributed by atoms with van der Waals surface area (Å²) in [6, 6.07) is 11.7. The number of nitrogens with one attached hydrogen (secondary N) is 1. The first kappa shape index (κ1) is 15.1. The zero-order valence-electron chi connectivity index (χ0n) is 13.0. The van der Waals surface area contributed by atoms with Gasteiger partial charge in [0.25, 0.3) is 0 Å². The third-order valence-corrected chi connectivity index (χ3v) is 5.34. The summed E-state index contributed by atoms with van der Waals surface area (Å²) in [7, 11) is 0. The van der Waals surface area contributed by atoms with Gasteiger partial charge in [-0.2, -0.15) is 0 Å². The molecule has 21 heavy (non-hydrogen) atoms. The molecule has 0 bridgehead atoms. The van der Waals surface area contributed by atoms with Crippen molar-refractivity contribution in [2.45, 2.75) is 45.6 Å². The summed E-state index contributed by atoms with van der Waals surface area (Å²) in [4.78, 5) is 0. The number of hydrogen-bond donors (Lipinski definition) is 1. The molecule has 112 valence electrons. The van der Waals surface area contributed by atoms with Crippen molar-refractivity contribution in [3.8, 4) is 0 Å². The van der Waals surface area contributed by atoms with Gasteiger partial charge in [-0.1, -0.05) is 54.0 Å². The van der Waals surface area contributed by atoms with Crippen LogP contribution in [0.3, 0.4) is 0 Å². The Morgan fingerprint density at radius 1 is 1.24 bits per heavy atom. The molecule has 1 nitrogen and oxygen atoms in total. The lowest BCUT2D eigenvalue weighted by atomic mass is 9.93. The molecule has 0 fully saturated rings. The van der Waals surface area contributed by atoms with Crippen LogP contribution in [0.15, 0.2) is 34.8 Å². The van der Waals surface area contributed by atoms with E-state index in [0.717, 1.165) is 12.5 Å². The van der Waals surface area contributed by atoms with Crippen molar-refractivity contribution in [2.24, 2.45) is 5.92 Å². The van der Waals surface area contributed by atoms with Crippen molar-refractivity contribution in [2.75, 3.05) is 6.54 Å². The van der Waals surface area contributed by atoms with E-state index in [9.17, 15) is 0 Å². The Balaban J connectivity index is 2.14. The highest BCUT2D eigenvalue weighted by molar-refractivity contribution is 9.10. The fourth-order valence-electron chi connectivity index (χ4n) is 3.55. The summed E-state index contributed by atoms with van der Waals surface area (Å²) in [6.07, 6.45) is 4.93. The van der Waals surface area contributed by atoms with Crippen molar-refractivity contribution in [1.29, 1.82) is 0 Å². The van der Waals surface area contributed by atoms with Crippen molar-refractivity contribution in [3.63, 3.8) is 0 Å². The van der Waals surface area contributed by atoms with E-state index in [-0.39, 0.29) is 0 Å². The predicted octanol–water partition coefficient (Wildman–Crippen LogP) is 5.62. The molecule has 0 aliphatic heterocycles. The van der Waals surface area contributed by atoms with Gasteiger partial charge in [-0.15, -0.1) is 0 Å². The molecule has 2 aromatic rings. The van der Waals surface area contributed by atoms with Crippen molar-refractivity contribution < 1.29 is 0 Å². The van der Waals surface area contributed by atoms with Gasteiger partial charge in [0, 0.05) is 10.5 Å². The number of aryl methyl sites for hydroxylation is 1. The maximum absolute atomic E-state index is 3.78. The van der Waals surface area contributed by atoms with Gasteiger partial charge in [-0.3, -0.25) is 0 Å². The second-order valence-electron chi connectivity index (χ2n) is 6.36. The molecule has 0 saturated carbocycles. The van der Waals surface area contributed by atoms with Gasteiger partial charge >= 0.3 is 0 Å². The zero-order chi connectivity index (χ0) is 14.8. The largest absolute Gasteiger partial charge is 0.310 e. The third kappa shape index (κ3) is 3.02. The maximum atomic E-state index is 3.78. The average molecular weight is 346 g/mol. The van der Waals surface area contributed by atoms with E-state index in [1.165, 1.54) is 46.5 Å². The molecule has 0 aromatic heterocycles. The van der Waals surface area contributed by atoms with Crippen molar-refractivity contribution in [1.82, 2.24) is 5.32 Å². The average Bonchev–Trinajstić information content (AvgIpc) is 2.65. The number of fused-ring (bicyclic) bond motifs is 3. The summed E-state index contributed by atoms with van der Waals surface area (Å²) in [5, 5.41) is 6.55. The molecule has 2 atom stereocenters. The van der Waals surface area contributed by atoms with Crippen LogP contribution >= 0.6 is 15.9 Å². The maximum Gasteiger partial charge on any atom is 0.0326 e. The summed E-state index contributed by atoms with van der Waals surface area (Å²) in [5.41, 5.74) is 3.07. The van der Waals surface area contributed by atoms with Crippen molar-refractivity contribution in [3.05, 3.63) is 45.9 Å². The molecule has 2 aromatic carbocycles. The van der Waals surface area contributed by atoms with E-state index >= 15 is 0 Å². The summed E-state index contributed by atoms with van der Waals surface area (Å²) < 4.78 is 1.23. The van der Waals surface area contributed by atoms with Crippen LogP contribution < -0.4 is 5.32 Å². The Kier molecular flexibility index (Phi) is 4.66. The zero-order valence-corrected chi connectivity index (χ0v) is 14.5. The summed E-state index contributed by atoms with van der Waals surface area (Å²) in [5.74, 6) is 0.782. The van der Waals surface area contributed by atoms with Gasteiger partial charge in [0.05, 0.1) is 0 Å². The number of benzene rings is 2. The fourth-order valence-corrected chi connectivity index (χ4v) is 4.14. The van der Waals surface area contributed by atoms with Crippen LogP contribution in [0.1, 0.15) is 50.3 Å². The first-order chi connectivity index (χ1) is 10.2. The summed E-state index contributed by atoms with van der Waals surface area (Å²) >= 11 is 3.78. The lowest BCUT2D eigenvalue weighted by Crippen LogP contribution is -2.23. The molecule has 1 N–H and O–H groups in total. The summed E-state index contributed by atoms with van der Waals surface area (Å²) in [6.45, 7) is 5.73. The molecule has 0 amide bonds. The lowest BCUT2D eigenvalue weighted by molar-refractivity contribution is 0.409. The highest BCUT2D eigenvalue weighted by Gasteiger charge is 2.24. The predicted molar refractivity (Wildman–Crippen MR) is 94.8 cm³/mol. The first-order valence-electron chi connectivity index (χ1n) is 8.14. The van der Waals surface area contributed by atoms with Crippen LogP contribution in [0, 0.1) is 5.92 Å². The van der Waals surface area contributed by atoms with Gasteiger partial charge in [0.2, 0.25) is 0 Å². The second-order valence-corrected chi connectivity index (χ2v) is 7.21. The van der Waals surface area contributed by atoms with E-state index in [1.54, 1.807) is 5.56 Å². The molecule has 2 heteroatoms. The monoisotopic (exact) mass is 345 g/mol. The Labute approximate surface area is 136 Å². The van der Waals surface area contributed by atoms with Crippen LogP contribution in [-0.2, 0) is 6.42 Å². The minimum atomic E-state index is 0.498. The number of rotatable bonds is 3. The smallest absolute Gasteiger partial charge is 0.0326 e. The highest BCUT2D eigenvalue weighted by Crippen LogP contribution is 2.38. The lowest BCUT2D eigenvalue weighted by Gasteiger charge is -2.22. The van der Waals surface area contributed by atoms with Crippen LogP contribution in [0.4, 0.5) is 0 Å².